The van der Waals surface area contributed by atoms with Crippen LogP contribution in [0.2, 0.25) is 0 Å². The molecule has 4 heteroatoms. The Morgan fingerprint density at radius 2 is 2.05 bits per heavy atom. The third-order valence-corrected chi connectivity index (χ3v) is 3.32. The van der Waals surface area contributed by atoms with Crippen LogP contribution in [0.4, 0.5) is 0 Å². The average Bonchev–Trinajstić information content (AvgIpc) is 2.86. The van der Waals surface area contributed by atoms with Gasteiger partial charge in [-0.3, -0.25) is 10.1 Å². The fourth-order valence-electron chi connectivity index (χ4n) is 2.45. The van der Waals surface area contributed by atoms with Crippen molar-refractivity contribution in [3.8, 4) is 0 Å². The molecule has 2 aromatic rings. The van der Waals surface area contributed by atoms with Crippen LogP contribution in [-0.2, 0) is 22.5 Å². The third kappa shape index (κ3) is 2.49. The number of hydrogen-bond donors (Lipinski definition) is 2. The minimum absolute atomic E-state index is 0.194. The number of ether oxygens (including phenoxy) is 1. The minimum atomic E-state index is -0.230. The van der Waals surface area contributed by atoms with E-state index < -0.39 is 0 Å². The van der Waals surface area contributed by atoms with Crippen molar-refractivity contribution in [2.75, 3.05) is 7.11 Å². The summed E-state index contributed by atoms with van der Waals surface area (Å²) in [4.78, 5) is 14.9. The van der Waals surface area contributed by atoms with E-state index in [1.165, 1.54) is 23.8 Å². The zero-order valence-electron chi connectivity index (χ0n) is 11.6. The smallest absolute Gasteiger partial charge is 0.323 e. The van der Waals surface area contributed by atoms with Gasteiger partial charge in [0.05, 0.1) is 7.11 Å². The van der Waals surface area contributed by atoms with Crippen molar-refractivity contribution in [1.82, 2.24) is 10.3 Å². The molecule has 1 unspecified atom stereocenters. The second-order valence-corrected chi connectivity index (χ2v) is 4.29. The lowest BCUT2D eigenvalue weighted by Crippen LogP contribution is -2.42. The molecule has 2 heterocycles. The maximum absolute atomic E-state index is 11.5. The van der Waals surface area contributed by atoms with E-state index in [4.69, 9.17) is 4.74 Å². The zero-order valence-corrected chi connectivity index (χ0v) is 11.6. The van der Waals surface area contributed by atoms with Gasteiger partial charge in [0.1, 0.15) is 6.04 Å². The van der Waals surface area contributed by atoms with Crippen LogP contribution in [-0.4, -0.2) is 24.1 Å². The molecular formula is C15H20N2O2. The molecule has 0 bridgehead atoms. The van der Waals surface area contributed by atoms with E-state index in [0.717, 1.165) is 5.52 Å². The van der Waals surface area contributed by atoms with Crippen molar-refractivity contribution >= 4 is 16.9 Å². The highest BCUT2D eigenvalue weighted by molar-refractivity contribution is 5.86. The molecule has 102 valence electrons. The van der Waals surface area contributed by atoms with E-state index in [9.17, 15) is 4.79 Å². The van der Waals surface area contributed by atoms with Crippen LogP contribution < -0.4 is 5.32 Å². The molecule has 3 rings (SSSR count). The molecule has 1 aliphatic rings. The lowest BCUT2D eigenvalue weighted by atomic mass is 9.99. The second-order valence-electron chi connectivity index (χ2n) is 4.29. The number of H-pyrrole nitrogens is 1. The molecule has 1 aromatic heterocycles. The lowest BCUT2D eigenvalue weighted by molar-refractivity contribution is -0.143. The van der Waals surface area contributed by atoms with Gasteiger partial charge >= 0.3 is 5.97 Å². The summed E-state index contributed by atoms with van der Waals surface area (Å²) < 4.78 is 4.78. The molecule has 4 nitrogen and oxygen atoms in total. The molecule has 19 heavy (non-hydrogen) atoms. The number of benzene rings is 1. The van der Waals surface area contributed by atoms with Crippen LogP contribution in [0.3, 0.4) is 0 Å². The van der Waals surface area contributed by atoms with Crippen molar-refractivity contribution in [1.29, 1.82) is 0 Å². The summed E-state index contributed by atoms with van der Waals surface area (Å²) in [6.45, 7) is 4.68. The molecule has 0 saturated heterocycles. The molecule has 1 aliphatic heterocycles. The van der Waals surface area contributed by atoms with Crippen LogP contribution in [0.5, 0.6) is 0 Å². The number of hydrogen-bond acceptors (Lipinski definition) is 3. The number of fused-ring (bicyclic) bond motifs is 3. The first kappa shape index (κ1) is 13.6. The molecule has 0 amide bonds. The number of rotatable bonds is 1. The monoisotopic (exact) mass is 260 g/mol. The van der Waals surface area contributed by atoms with Gasteiger partial charge < -0.3 is 9.72 Å². The lowest BCUT2D eigenvalue weighted by Gasteiger charge is -2.21. The first-order valence-corrected chi connectivity index (χ1v) is 6.69. The molecule has 0 radical (unpaired) electrons. The van der Waals surface area contributed by atoms with Gasteiger partial charge in [-0.1, -0.05) is 32.0 Å². The number of nitrogens with one attached hydrogen (secondary N) is 2. The number of para-hydroxylation sites is 1. The normalized spacial score (nSPS) is 17.3. The van der Waals surface area contributed by atoms with Crippen molar-refractivity contribution in [3.05, 3.63) is 35.5 Å². The Balaban J connectivity index is 0.000000637. The van der Waals surface area contributed by atoms with Crippen molar-refractivity contribution < 1.29 is 9.53 Å². The number of carbonyl (C=O) groups is 1. The Bertz CT molecular complexity index is 575. The summed E-state index contributed by atoms with van der Waals surface area (Å²) in [5.41, 5.74) is 3.53. The van der Waals surface area contributed by atoms with Crippen LogP contribution >= 0.6 is 0 Å². The summed E-state index contributed by atoms with van der Waals surface area (Å²) >= 11 is 0. The fraction of sp³-hybridized carbons (Fsp3) is 0.400. The molecule has 1 atom stereocenters. The van der Waals surface area contributed by atoms with Crippen molar-refractivity contribution in [2.24, 2.45) is 0 Å². The maximum Gasteiger partial charge on any atom is 0.323 e. The van der Waals surface area contributed by atoms with Gasteiger partial charge in [0.25, 0.3) is 0 Å². The Kier molecular flexibility index (Phi) is 4.22. The largest absolute Gasteiger partial charge is 0.468 e. The van der Waals surface area contributed by atoms with Crippen LogP contribution in [0.25, 0.3) is 10.9 Å². The zero-order chi connectivity index (χ0) is 13.8. The summed E-state index contributed by atoms with van der Waals surface area (Å²) in [5.74, 6) is -0.194. The number of aromatic amines is 1. The Morgan fingerprint density at radius 1 is 1.32 bits per heavy atom. The second kappa shape index (κ2) is 5.89. The van der Waals surface area contributed by atoms with E-state index >= 15 is 0 Å². The highest BCUT2D eigenvalue weighted by Crippen LogP contribution is 2.26. The van der Waals surface area contributed by atoms with Gasteiger partial charge in [-0.15, -0.1) is 0 Å². The Hall–Kier alpha value is -1.81. The third-order valence-electron chi connectivity index (χ3n) is 3.32. The van der Waals surface area contributed by atoms with Gasteiger partial charge in [0.2, 0.25) is 0 Å². The highest BCUT2D eigenvalue weighted by Gasteiger charge is 2.27. The van der Waals surface area contributed by atoms with Gasteiger partial charge in [0, 0.05) is 29.6 Å². The quantitative estimate of drug-likeness (QED) is 0.774. The summed E-state index contributed by atoms with van der Waals surface area (Å²) in [7, 11) is 1.43. The van der Waals surface area contributed by atoms with E-state index in [1.54, 1.807) is 0 Å². The Labute approximate surface area is 113 Å². The molecule has 0 spiro atoms. The standard InChI is InChI=1S/C13H14N2O2.C2H6/c1-17-13(16)11-6-9-8-4-2-3-5-10(8)15-12(9)7-14-11;1-2/h2-5,11,14-15H,6-7H2,1H3;1-2H3. The number of aromatic nitrogens is 1. The van der Waals surface area contributed by atoms with Crippen molar-refractivity contribution in [3.63, 3.8) is 0 Å². The number of esters is 1. The van der Waals surface area contributed by atoms with Gasteiger partial charge in [-0.2, -0.15) is 0 Å². The minimum Gasteiger partial charge on any atom is -0.468 e. The SMILES string of the molecule is CC.COC(=O)C1Cc2c([nH]c3ccccc23)CN1. The van der Waals surface area contributed by atoms with Crippen LogP contribution in [0, 0.1) is 0 Å². The van der Waals surface area contributed by atoms with Gasteiger partial charge in [-0.05, 0) is 11.6 Å². The van der Waals surface area contributed by atoms with E-state index in [0.29, 0.717) is 13.0 Å². The molecule has 0 aliphatic carbocycles. The van der Waals surface area contributed by atoms with E-state index in [2.05, 4.69) is 22.4 Å². The summed E-state index contributed by atoms with van der Waals surface area (Å²) in [5, 5.41) is 4.39. The number of methoxy groups -OCH3 is 1. The predicted octanol–water partition coefficient (Wildman–Crippen LogP) is 2.38. The summed E-state index contributed by atoms with van der Waals surface area (Å²) in [6, 6.07) is 7.94. The molecule has 1 aromatic carbocycles. The van der Waals surface area contributed by atoms with Gasteiger partial charge in [-0.25, -0.2) is 0 Å². The highest BCUT2D eigenvalue weighted by atomic mass is 16.5. The number of carbonyl (C=O) groups excluding carboxylic acids is 1. The Morgan fingerprint density at radius 3 is 2.79 bits per heavy atom. The summed E-state index contributed by atoms with van der Waals surface area (Å²) in [6.07, 6.45) is 0.687. The van der Waals surface area contributed by atoms with Crippen LogP contribution in [0.1, 0.15) is 25.1 Å². The molecule has 0 saturated carbocycles. The first-order valence-electron chi connectivity index (χ1n) is 6.69. The van der Waals surface area contributed by atoms with E-state index in [-0.39, 0.29) is 12.0 Å². The topological polar surface area (TPSA) is 54.1 Å². The average molecular weight is 260 g/mol. The first-order chi connectivity index (χ1) is 9.29. The molecule has 0 fully saturated rings. The van der Waals surface area contributed by atoms with Crippen molar-refractivity contribution in [2.45, 2.75) is 32.9 Å². The molecular weight excluding hydrogens is 240 g/mol. The van der Waals surface area contributed by atoms with Crippen LogP contribution in [0.15, 0.2) is 24.3 Å². The predicted molar refractivity (Wildman–Crippen MR) is 76.0 cm³/mol. The molecule has 2 N–H and O–H groups in total. The van der Waals surface area contributed by atoms with E-state index in [1.807, 2.05) is 26.0 Å². The van der Waals surface area contributed by atoms with Gasteiger partial charge in [0.15, 0.2) is 0 Å². The maximum atomic E-state index is 11.5. The fourth-order valence-corrected chi connectivity index (χ4v) is 2.45.